The number of pyridine rings is 1. The lowest BCUT2D eigenvalue weighted by Gasteiger charge is -2.38. The zero-order valence-electron chi connectivity index (χ0n) is 26.7. The number of piperidine rings is 1. The molecule has 3 fully saturated rings. The molecule has 0 bridgehead atoms. The number of carbonyl (C=O) groups excluding carboxylic acids is 1. The van der Waals surface area contributed by atoms with Gasteiger partial charge in [-0.1, -0.05) is 23.5 Å². The normalized spacial score (nSPS) is 21.6. The van der Waals surface area contributed by atoms with Crippen LogP contribution >= 0.6 is 11.3 Å². The second-order valence-electron chi connectivity index (χ2n) is 14.0. The van der Waals surface area contributed by atoms with E-state index < -0.39 is 23.1 Å². The van der Waals surface area contributed by atoms with E-state index in [1.165, 1.54) is 11.3 Å². The molecule has 13 heteroatoms. The molecule has 7 rings (SSSR count). The lowest BCUT2D eigenvalue weighted by molar-refractivity contribution is 0.0446. The number of carbonyl (C=O) groups is 1. The van der Waals surface area contributed by atoms with Crippen molar-refractivity contribution in [3.05, 3.63) is 30.2 Å². The number of anilines is 2. The van der Waals surface area contributed by atoms with Crippen LogP contribution in [0.3, 0.4) is 0 Å². The molecule has 0 radical (unpaired) electrons. The van der Waals surface area contributed by atoms with Crippen molar-refractivity contribution < 1.29 is 23.8 Å². The van der Waals surface area contributed by atoms with Crippen molar-refractivity contribution in [2.45, 2.75) is 83.0 Å². The number of nitrogens with zero attached hydrogens (tertiary/aromatic N) is 6. The van der Waals surface area contributed by atoms with Gasteiger partial charge < -0.3 is 19.5 Å². The molecular formula is C33H40FN7O4S. The molecule has 4 aromatic rings. The number of thiazole rings is 1. The van der Waals surface area contributed by atoms with Crippen molar-refractivity contribution >= 4 is 49.5 Å². The zero-order chi connectivity index (χ0) is 32.3. The number of fused-ring (bicyclic) bond motifs is 3. The number of rotatable bonds is 6. The number of hydrogen-bond acceptors (Lipinski definition) is 11. The van der Waals surface area contributed by atoms with Crippen LogP contribution in [-0.4, -0.2) is 85.6 Å². The van der Waals surface area contributed by atoms with E-state index in [4.69, 9.17) is 14.5 Å². The molecule has 2 N–H and O–H groups in total. The van der Waals surface area contributed by atoms with Crippen molar-refractivity contribution in [1.82, 2.24) is 24.8 Å². The molecule has 1 amide bonds. The second-order valence-corrected chi connectivity index (χ2v) is 15.1. The van der Waals surface area contributed by atoms with Crippen molar-refractivity contribution in [2.75, 3.05) is 43.0 Å². The third-order valence-corrected chi connectivity index (χ3v) is 10.1. The molecule has 3 aliphatic rings. The highest BCUT2D eigenvalue weighted by atomic mass is 32.1. The van der Waals surface area contributed by atoms with E-state index in [-0.39, 0.29) is 22.8 Å². The van der Waals surface area contributed by atoms with Crippen molar-refractivity contribution in [3.8, 4) is 17.3 Å². The highest BCUT2D eigenvalue weighted by Crippen LogP contribution is 2.41. The maximum atomic E-state index is 16.7. The number of β-amino-alcohol motifs (C(OH)–C–C–N with tert-alkyl or cyclic N) is 1. The molecule has 1 unspecified atom stereocenters. The predicted molar refractivity (Wildman–Crippen MR) is 176 cm³/mol. The molecule has 3 aliphatic heterocycles. The standard InChI is InChI=1S/C33H40FN7O4S/c1-31(2,3)45-30(42)39-29-37-24-20(9-5-10-22(24)46-29)25-23(34)26-21(17-35-25)27(40-14-6-11-32(4,43)18-40)38-28(36-26)44-19-33-12-7-15-41(33)16-8-13-33/h5,9-10,17,43H,6-8,11-16,18-19H2,1-4H3,(H,37,39,42). The number of amides is 1. The molecule has 1 atom stereocenters. The number of aromatic nitrogens is 4. The van der Waals surface area contributed by atoms with Gasteiger partial charge in [-0.3, -0.25) is 15.2 Å². The minimum atomic E-state index is -0.902. The first-order valence-electron chi connectivity index (χ1n) is 16.0. The Hall–Kier alpha value is -3.68. The number of ether oxygens (including phenoxy) is 2. The second kappa shape index (κ2) is 11.5. The Balaban J connectivity index is 1.28. The van der Waals surface area contributed by atoms with E-state index in [9.17, 15) is 9.90 Å². The number of halogens is 1. The molecule has 3 saturated heterocycles. The number of para-hydroxylation sites is 1. The smallest absolute Gasteiger partial charge is 0.413 e. The van der Waals surface area contributed by atoms with E-state index in [1.807, 2.05) is 24.0 Å². The number of nitrogens with one attached hydrogen (secondary N) is 1. The summed E-state index contributed by atoms with van der Waals surface area (Å²) in [5.74, 6) is -0.112. The van der Waals surface area contributed by atoms with Crippen LogP contribution in [0, 0.1) is 5.82 Å². The highest BCUT2D eigenvalue weighted by molar-refractivity contribution is 7.22. The fourth-order valence-electron chi connectivity index (χ4n) is 7.16. The molecule has 0 aliphatic carbocycles. The lowest BCUT2D eigenvalue weighted by atomic mass is 9.95. The van der Waals surface area contributed by atoms with Crippen LogP contribution in [0.1, 0.15) is 66.2 Å². The molecule has 46 heavy (non-hydrogen) atoms. The third-order valence-electron chi connectivity index (χ3n) is 9.18. The largest absolute Gasteiger partial charge is 0.461 e. The lowest BCUT2D eigenvalue weighted by Crippen LogP contribution is -2.46. The van der Waals surface area contributed by atoms with E-state index in [2.05, 4.69) is 25.2 Å². The quantitative estimate of drug-likeness (QED) is 0.251. The molecule has 3 aromatic heterocycles. The summed E-state index contributed by atoms with van der Waals surface area (Å²) in [5.41, 5.74) is -0.428. The van der Waals surface area contributed by atoms with Crippen molar-refractivity contribution in [1.29, 1.82) is 0 Å². The SMILES string of the molecule is CC1(O)CCCN(c2nc(OCC34CCCN3CCC4)nc3c(F)c(-c4cccc5sc(NC(=O)OC(C)(C)C)nc45)ncc23)C1. The summed E-state index contributed by atoms with van der Waals surface area (Å²) in [4.78, 5) is 35.5. The Bertz CT molecular complexity index is 1800. The fraction of sp³-hybridized carbons (Fsp3) is 0.545. The van der Waals surface area contributed by atoms with Gasteiger partial charge in [0.25, 0.3) is 0 Å². The van der Waals surface area contributed by atoms with E-state index in [0.29, 0.717) is 53.5 Å². The topological polar surface area (TPSA) is 126 Å². The Morgan fingerprint density at radius 1 is 1.09 bits per heavy atom. The van der Waals surface area contributed by atoms with E-state index in [1.54, 1.807) is 33.0 Å². The summed E-state index contributed by atoms with van der Waals surface area (Å²) in [6, 6.07) is 5.54. The van der Waals surface area contributed by atoms with Crippen LogP contribution in [0.15, 0.2) is 24.4 Å². The Labute approximate surface area is 271 Å². The summed E-state index contributed by atoms with van der Waals surface area (Å²) < 4.78 is 29.2. The predicted octanol–water partition coefficient (Wildman–Crippen LogP) is 6.15. The molecule has 11 nitrogen and oxygen atoms in total. The Morgan fingerprint density at radius 2 is 1.85 bits per heavy atom. The van der Waals surface area contributed by atoms with Crippen LogP contribution in [-0.2, 0) is 4.74 Å². The summed E-state index contributed by atoms with van der Waals surface area (Å²) in [7, 11) is 0. The van der Waals surface area contributed by atoms with Gasteiger partial charge in [0.05, 0.1) is 26.7 Å². The maximum absolute atomic E-state index is 16.7. The monoisotopic (exact) mass is 649 g/mol. The minimum Gasteiger partial charge on any atom is -0.461 e. The summed E-state index contributed by atoms with van der Waals surface area (Å²) in [6.45, 7) is 10.8. The average Bonchev–Trinajstić information content (AvgIpc) is 3.68. The van der Waals surface area contributed by atoms with Crippen LogP contribution < -0.4 is 15.0 Å². The molecule has 6 heterocycles. The number of aliphatic hydroxyl groups is 1. The van der Waals surface area contributed by atoms with Gasteiger partial charge in [-0.25, -0.2) is 14.2 Å². The summed E-state index contributed by atoms with van der Waals surface area (Å²) in [5, 5.41) is 14.4. The van der Waals surface area contributed by atoms with Crippen LogP contribution in [0.4, 0.5) is 20.1 Å². The van der Waals surface area contributed by atoms with E-state index >= 15 is 4.39 Å². The van der Waals surface area contributed by atoms with Gasteiger partial charge >= 0.3 is 12.1 Å². The van der Waals surface area contributed by atoms with Crippen LogP contribution in [0.25, 0.3) is 32.4 Å². The maximum Gasteiger partial charge on any atom is 0.413 e. The van der Waals surface area contributed by atoms with Gasteiger partial charge in [0, 0.05) is 24.8 Å². The van der Waals surface area contributed by atoms with Gasteiger partial charge in [-0.05, 0) is 85.4 Å². The highest BCUT2D eigenvalue weighted by Gasteiger charge is 2.45. The first-order chi connectivity index (χ1) is 21.9. The average molecular weight is 650 g/mol. The van der Waals surface area contributed by atoms with Crippen molar-refractivity contribution in [2.24, 2.45) is 0 Å². The molecule has 0 saturated carbocycles. The zero-order valence-corrected chi connectivity index (χ0v) is 27.5. The Kier molecular flexibility index (Phi) is 7.76. The third kappa shape index (κ3) is 5.95. The first-order valence-corrected chi connectivity index (χ1v) is 16.8. The molecule has 0 spiro atoms. The van der Waals surface area contributed by atoms with Gasteiger partial charge in [0.1, 0.15) is 29.2 Å². The number of benzene rings is 1. The molecule has 244 valence electrons. The van der Waals surface area contributed by atoms with Gasteiger partial charge in [0.15, 0.2) is 10.9 Å². The molecule has 1 aromatic carbocycles. The van der Waals surface area contributed by atoms with Gasteiger partial charge in [-0.2, -0.15) is 9.97 Å². The fourth-order valence-corrected chi connectivity index (χ4v) is 8.04. The molecular weight excluding hydrogens is 609 g/mol. The summed E-state index contributed by atoms with van der Waals surface area (Å²) in [6.07, 6.45) is 6.82. The van der Waals surface area contributed by atoms with Gasteiger partial charge in [-0.15, -0.1) is 0 Å². The Morgan fingerprint density at radius 3 is 2.59 bits per heavy atom. The van der Waals surface area contributed by atoms with Crippen LogP contribution in [0.2, 0.25) is 0 Å². The minimum absolute atomic E-state index is 0.0272. The number of hydrogen-bond donors (Lipinski definition) is 2. The van der Waals surface area contributed by atoms with E-state index in [0.717, 1.165) is 49.9 Å². The summed E-state index contributed by atoms with van der Waals surface area (Å²) >= 11 is 1.27. The van der Waals surface area contributed by atoms with Gasteiger partial charge in [0.2, 0.25) is 0 Å². The first kappa shape index (κ1) is 30.9. The van der Waals surface area contributed by atoms with Crippen LogP contribution in [0.5, 0.6) is 6.01 Å². The van der Waals surface area contributed by atoms with Crippen molar-refractivity contribution in [3.63, 3.8) is 0 Å².